The highest BCUT2D eigenvalue weighted by Crippen LogP contribution is 2.45. The highest BCUT2D eigenvalue weighted by Gasteiger charge is 2.23. The lowest BCUT2D eigenvalue weighted by atomic mass is 10.0. The molecule has 130 heavy (non-hydrogen) atoms. The van der Waals surface area contributed by atoms with Gasteiger partial charge in [-0.2, -0.15) is 0 Å². The van der Waals surface area contributed by atoms with E-state index in [1.807, 2.05) is 30.9 Å². The van der Waals surface area contributed by atoms with E-state index in [4.69, 9.17) is 0 Å². The Balaban J connectivity index is 0.000000105. The van der Waals surface area contributed by atoms with Crippen molar-refractivity contribution in [2.75, 3.05) is 0 Å². The van der Waals surface area contributed by atoms with Crippen molar-refractivity contribution in [3.63, 3.8) is 0 Å². The van der Waals surface area contributed by atoms with Gasteiger partial charge in [0, 0.05) is 93.6 Å². The van der Waals surface area contributed by atoms with Crippen molar-refractivity contribution in [1.82, 2.24) is 42.4 Å². The molecule has 9 heteroatoms. The molecule has 8 heterocycles. The van der Waals surface area contributed by atoms with Crippen LogP contribution in [0.25, 0.3) is 241 Å². The SMILES string of the molecule is c1ccc(-n2c3ccccc3c3cc(-c4ccc5c(c4)c4ccccc4n5-c4cccnc4)ccc32)cc1.c1ccc(-n2c3ccccc3c3cc(-c4ccc5c(c4)c4ccccc4n5-c4cncnc4)ccc32)cc1.c1ccc2c(c1)ccc1cc(-n3c4ccccc4c4cc(-c5ccc6c(c5)c5ccccc5n6-c5ccc6c(ccc7ccccc76)c5)ccc43)ccc12. The molecule has 0 bridgehead atoms. The normalized spacial score (nSPS) is 11.8. The third-order valence-electron chi connectivity index (χ3n) is 26.7. The summed E-state index contributed by atoms with van der Waals surface area (Å²) in [5.74, 6) is 0. The van der Waals surface area contributed by atoms with Crippen LogP contribution in [0.4, 0.5) is 0 Å². The molecule has 8 aromatic heterocycles. The number of benzene rings is 20. The van der Waals surface area contributed by atoms with E-state index in [1.165, 1.54) is 219 Å². The van der Waals surface area contributed by atoms with Crippen LogP contribution >= 0.6 is 0 Å². The Morgan fingerprint density at radius 2 is 0.369 bits per heavy atom. The van der Waals surface area contributed by atoms with Crippen LogP contribution in [0.2, 0.25) is 0 Å². The van der Waals surface area contributed by atoms with Gasteiger partial charge < -0.3 is 27.4 Å². The molecule has 28 rings (SSSR count). The van der Waals surface area contributed by atoms with Crippen molar-refractivity contribution >= 4 is 174 Å². The minimum atomic E-state index is 0.960. The first-order valence-corrected chi connectivity index (χ1v) is 44.3. The van der Waals surface area contributed by atoms with Gasteiger partial charge in [0.15, 0.2) is 0 Å². The first kappa shape index (κ1) is 73.9. The smallest absolute Gasteiger partial charge is 0.115 e. The van der Waals surface area contributed by atoms with Gasteiger partial charge in [0.1, 0.15) is 6.33 Å². The highest BCUT2D eigenvalue weighted by molar-refractivity contribution is 6.18. The van der Waals surface area contributed by atoms with E-state index in [1.54, 1.807) is 6.33 Å². The molecule has 0 aliphatic heterocycles. The minimum absolute atomic E-state index is 0.960. The van der Waals surface area contributed by atoms with Crippen LogP contribution < -0.4 is 0 Å². The van der Waals surface area contributed by atoms with Gasteiger partial charge in [-0.05, 0) is 246 Å². The quantitative estimate of drug-likeness (QED) is 0.135. The zero-order chi connectivity index (χ0) is 85.4. The largest absolute Gasteiger partial charge is 0.309 e. The van der Waals surface area contributed by atoms with E-state index in [9.17, 15) is 0 Å². The van der Waals surface area contributed by atoms with Crippen molar-refractivity contribution in [1.29, 1.82) is 0 Å². The van der Waals surface area contributed by atoms with Gasteiger partial charge >= 0.3 is 0 Å². The van der Waals surface area contributed by atoms with Crippen LogP contribution in [0, 0.1) is 0 Å². The summed E-state index contributed by atoms with van der Waals surface area (Å²) >= 11 is 0. The second-order valence-corrected chi connectivity index (χ2v) is 33.9. The summed E-state index contributed by atoms with van der Waals surface area (Å²) in [5.41, 5.74) is 28.4. The summed E-state index contributed by atoms with van der Waals surface area (Å²) in [6.07, 6.45) is 9.05. The van der Waals surface area contributed by atoms with Crippen LogP contribution in [-0.4, -0.2) is 42.4 Å². The predicted octanol–water partition coefficient (Wildman–Crippen LogP) is 31.4. The van der Waals surface area contributed by atoms with Crippen molar-refractivity contribution in [3.05, 3.63) is 468 Å². The van der Waals surface area contributed by atoms with Crippen molar-refractivity contribution in [2.45, 2.75) is 0 Å². The molecule has 20 aromatic carbocycles. The summed E-state index contributed by atoms with van der Waals surface area (Å²) < 4.78 is 14.1. The van der Waals surface area contributed by atoms with Crippen molar-refractivity contribution in [2.24, 2.45) is 0 Å². The number of nitrogens with zero attached hydrogens (tertiary/aromatic N) is 9. The van der Waals surface area contributed by atoms with Gasteiger partial charge in [-0.15, -0.1) is 0 Å². The zero-order valence-corrected chi connectivity index (χ0v) is 70.5. The lowest BCUT2D eigenvalue weighted by Crippen LogP contribution is -1.95. The molecule has 9 nitrogen and oxygen atoms in total. The van der Waals surface area contributed by atoms with E-state index >= 15 is 0 Å². The summed E-state index contributed by atoms with van der Waals surface area (Å²) in [7, 11) is 0. The molecule has 0 amide bonds. The number of hydrogen-bond donors (Lipinski definition) is 0. The Kier molecular flexibility index (Phi) is 17.1. The fraction of sp³-hybridized carbons (Fsp3) is 0. The second-order valence-electron chi connectivity index (χ2n) is 33.9. The lowest BCUT2D eigenvalue weighted by Gasteiger charge is -2.12. The maximum atomic E-state index is 4.37. The highest BCUT2D eigenvalue weighted by atomic mass is 15.0. The number of fused-ring (bicyclic) bond motifs is 24. The van der Waals surface area contributed by atoms with E-state index in [0.717, 1.165) is 22.4 Å². The average molecular weight is 1660 g/mol. The summed E-state index contributed by atoms with van der Waals surface area (Å²) in [5, 5.41) is 25.2. The average Bonchev–Trinajstić information content (AvgIpc) is 1.70. The Hall–Kier alpha value is -17.5. The van der Waals surface area contributed by atoms with Crippen LogP contribution in [0.5, 0.6) is 0 Å². The van der Waals surface area contributed by atoms with Gasteiger partial charge in [-0.25, -0.2) is 9.97 Å². The van der Waals surface area contributed by atoms with Crippen molar-refractivity contribution in [3.8, 4) is 67.5 Å². The zero-order valence-electron chi connectivity index (χ0n) is 70.5. The molecule has 0 unspecified atom stereocenters. The monoisotopic (exact) mass is 1660 g/mol. The second kappa shape index (κ2) is 30.1. The maximum absolute atomic E-state index is 4.37. The molecule has 28 aromatic rings. The third kappa shape index (κ3) is 12.0. The molecule has 0 radical (unpaired) electrons. The van der Waals surface area contributed by atoms with Crippen LogP contribution in [-0.2, 0) is 0 Å². The number of pyridine rings is 1. The molecular weight excluding hydrogens is 1580 g/mol. The first-order chi connectivity index (χ1) is 64.5. The molecule has 0 aliphatic carbocycles. The predicted molar refractivity (Wildman–Crippen MR) is 545 cm³/mol. The fourth-order valence-corrected chi connectivity index (χ4v) is 20.9. The van der Waals surface area contributed by atoms with E-state index in [-0.39, 0.29) is 0 Å². The van der Waals surface area contributed by atoms with Gasteiger partial charge in [0.25, 0.3) is 0 Å². The van der Waals surface area contributed by atoms with Gasteiger partial charge in [0.2, 0.25) is 0 Å². The Morgan fingerprint density at radius 3 is 0.685 bits per heavy atom. The summed E-state index contributed by atoms with van der Waals surface area (Å²) in [6, 6.07) is 159. The van der Waals surface area contributed by atoms with Gasteiger partial charge in [0.05, 0.1) is 96.2 Å². The molecule has 0 fully saturated rings. The molecule has 0 spiro atoms. The summed E-state index contributed by atoms with van der Waals surface area (Å²) in [6.45, 7) is 0. The topological polar surface area (TPSA) is 68.2 Å². The van der Waals surface area contributed by atoms with Crippen LogP contribution in [0.15, 0.2) is 468 Å². The van der Waals surface area contributed by atoms with Gasteiger partial charge in [-0.3, -0.25) is 4.98 Å². The molecule has 0 saturated carbocycles. The van der Waals surface area contributed by atoms with Gasteiger partial charge in [-0.1, -0.05) is 267 Å². The Labute approximate surface area is 746 Å². The third-order valence-corrected chi connectivity index (χ3v) is 26.7. The first-order valence-electron chi connectivity index (χ1n) is 44.3. The maximum Gasteiger partial charge on any atom is 0.115 e. The van der Waals surface area contributed by atoms with Crippen LogP contribution in [0.3, 0.4) is 0 Å². The minimum Gasteiger partial charge on any atom is -0.309 e. The molecule has 606 valence electrons. The fourth-order valence-electron chi connectivity index (χ4n) is 20.9. The summed E-state index contributed by atoms with van der Waals surface area (Å²) in [4.78, 5) is 12.9. The molecule has 0 atom stereocenters. The molecular formula is C121H77N9. The van der Waals surface area contributed by atoms with E-state index in [0.29, 0.717) is 0 Å². The number of aromatic nitrogens is 9. The molecule has 0 N–H and O–H groups in total. The number of hydrogen-bond acceptors (Lipinski definition) is 3. The molecule has 0 aliphatic rings. The number of rotatable bonds is 9. The van der Waals surface area contributed by atoms with Crippen molar-refractivity contribution < 1.29 is 0 Å². The van der Waals surface area contributed by atoms with Crippen LogP contribution in [0.1, 0.15) is 0 Å². The lowest BCUT2D eigenvalue weighted by molar-refractivity contribution is 1.07. The number of para-hydroxylation sites is 8. The Bertz CT molecular complexity index is 8580. The van der Waals surface area contributed by atoms with E-state index < -0.39 is 0 Å². The molecule has 0 saturated heterocycles. The standard InChI is InChI=1S/C52H32N2.C35H23N3.C34H22N4/c1-3-11-41-33(9-1)17-19-37-29-39(23-25-43(37)41)53-49-15-7-5-13-45(49)47-31-35(21-27-51(47)53)36-22-28-52-48(32-36)46-14-6-8-16-50(46)54(52)40-24-26-44-38(30-40)20-18-34-10-2-4-12-42(34)44;1-2-9-26(10-3-1)37-32-14-6-4-12-28(32)30-21-24(16-18-34(30)37)25-17-19-35-31(22-25)29-13-5-7-15-33(29)38(35)27-11-8-20-36-23-27;1-2-8-25(9-3-1)37-31-12-6-4-10-27(31)29-18-23(14-16-33(29)37)24-15-17-34-30(19-24)28-11-5-7-13-32(28)38(34)26-20-35-22-36-21-26/h1-32H;1-23H;1-22H. The Morgan fingerprint density at radius 1 is 0.131 bits per heavy atom. The van der Waals surface area contributed by atoms with E-state index in [2.05, 4.69) is 473 Å².